The van der Waals surface area contributed by atoms with Crippen LogP contribution in [0.3, 0.4) is 0 Å². The summed E-state index contributed by atoms with van der Waals surface area (Å²) < 4.78 is 0.746. The Morgan fingerprint density at radius 1 is 1.15 bits per heavy atom. The lowest BCUT2D eigenvalue weighted by Gasteiger charge is -2.16. The van der Waals surface area contributed by atoms with Crippen molar-refractivity contribution in [3.63, 3.8) is 0 Å². The SMILES string of the molecule is N#Cc1cc(Br)ccc1N1C(=O)C2CC=CCC2C1=O. The first kappa shape index (κ1) is 13.1. The third kappa shape index (κ3) is 1.88. The fourth-order valence-corrected chi connectivity index (χ4v) is 3.19. The number of hydrogen-bond acceptors (Lipinski definition) is 3. The Kier molecular flexibility index (Phi) is 3.19. The fraction of sp³-hybridized carbons (Fsp3) is 0.267. The predicted molar refractivity (Wildman–Crippen MR) is 76.7 cm³/mol. The largest absolute Gasteiger partial charge is 0.274 e. The Bertz CT molecular complexity index is 649. The number of benzene rings is 1. The number of amides is 2. The normalized spacial score (nSPS) is 24.7. The summed E-state index contributed by atoms with van der Waals surface area (Å²) in [5, 5.41) is 9.20. The van der Waals surface area contributed by atoms with Crippen molar-refractivity contribution in [3.05, 3.63) is 40.4 Å². The number of carbonyl (C=O) groups is 2. The van der Waals surface area contributed by atoms with E-state index in [1.165, 1.54) is 4.90 Å². The van der Waals surface area contributed by atoms with Crippen molar-refractivity contribution in [3.8, 4) is 6.07 Å². The van der Waals surface area contributed by atoms with Crippen molar-refractivity contribution in [2.24, 2.45) is 11.8 Å². The zero-order valence-electron chi connectivity index (χ0n) is 10.5. The van der Waals surface area contributed by atoms with Gasteiger partial charge in [-0.3, -0.25) is 9.59 Å². The lowest BCUT2D eigenvalue weighted by atomic mass is 9.85. The summed E-state index contributed by atoms with van der Waals surface area (Å²) in [6.45, 7) is 0. The molecule has 1 aliphatic heterocycles. The van der Waals surface area contributed by atoms with Gasteiger partial charge in [0.25, 0.3) is 0 Å². The van der Waals surface area contributed by atoms with Crippen LogP contribution in [-0.2, 0) is 9.59 Å². The number of fused-ring (bicyclic) bond motifs is 1. The van der Waals surface area contributed by atoms with Gasteiger partial charge in [0.2, 0.25) is 11.8 Å². The third-order valence-electron chi connectivity index (χ3n) is 3.83. The molecular formula is C15H11BrN2O2. The van der Waals surface area contributed by atoms with E-state index in [-0.39, 0.29) is 23.7 Å². The van der Waals surface area contributed by atoms with Gasteiger partial charge in [0, 0.05) is 4.47 Å². The molecule has 0 spiro atoms. The number of nitriles is 1. The van der Waals surface area contributed by atoms with Crippen LogP contribution in [0.4, 0.5) is 5.69 Å². The standard InChI is InChI=1S/C15H11BrN2O2/c16-10-5-6-13(9(7-10)8-17)18-14(19)11-3-1-2-4-12(11)15(18)20/h1-2,5-7,11-12H,3-4H2. The van der Waals surface area contributed by atoms with Crippen LogP contribution < -0.4 is 4.90 Å². The van der Waals surface area contributed by atoms with Crippen molar-refractivity contribution in [2.75, 3.05) is 4.90 Å². The Hall–Kier alpha value is -1.93. The maximum Gasteiger partial charge on any atom is 0.238 e. The van der Waals surface area contributed by atoms with Crippen molar-refractivity contribution in [1.29, 1.82) is 5.26 Å². The minimum atomic E-state index is -0.275. The molecule has 0 radical (unpaired) electrons. The summed E-state index contributed by atoms with van der Waals surface area (Å²) in [7, 11) is 0. The number of rotatable bonds is 1. The van der Waals surface area contributed by atoms with Gasteiger partial charge in [0.05, 0.1) is 23.1 Å². The fourth-order valence-electron chi connectivity index (χ4n) is 2.83. The number of anilines is 1. The van der Waals surface area contributed by atoms with Gasteiger partial charge in [0.1, 0.15) is 6.07 Å². The number of nitrogens with zero attached hydrogens (tertiary/aromatic N) is 2. The van der Waals surface area contributed by atoms with E-state index >= 15 is 0 Å². The van der Waals surface area contributed by atoms with Gasteiger partial charge in [0.15, 0.2) is 0 Å². The van der Waals surface area contributed by atoms with Gasteiger partial charge in [-0.05, 0) is 31.0 Å². The first-order chi connectivity index (χ1) is 9.63. The summed E-state index contributed by atoms with van der Waals surface area (Å²) in [6, 6.07) is 7.04. The molecule has 100 valence electrons. The second-order valence-corrected chi connectivity index (χ2v) is 5.86. The first-order valence-corrected chi connectivity index (χ1v) is 7.15. The van der Waals surface area contributed by atoms with Crippen LogP contribution in [0, 0.1) is 23.2 Å². The van der Waals surface area contributed by atoms with E-state index in [1.54, 1.807) is 18.2 Å². The van der Waals surface area contributed by atoms with E-state index in [0.717, 1.165) is 4.47 Å². The lowest BCUT2D eigenvalue weighted by Crippen LogP contribution is -2.31. The van der Waals surface area contributed by atoms with Gasteiger partial charge >= 0.3 is 0 Å². The molecule has 4 nitrogen and oxygen atoms in total. The number of halogens is 1. The molecule has 0 saturated carbocycles. The Morgan fingerprint density at radius 3 is 2.30 bits per heavy atom. The maximum absolute atomic E-state index is 12.5. The quantitative estimate of drug-likeness (QED) is 0.587. The molecule has 1 aromatic rings. The molecular weight excluding hydrogens is 320 g/mol. The van der Waals surface area contributed by atoms with E-state index in [9.17, 15) is 14.9 Å². The zero-order chi connectivity index (χ0) is 14.3. The summed E-state index contributed by atoms with van der Waals surface area (Å²) in [5.74, 6) is -0.934. The van der Waals surface area contributed by atoms with Gasteiger partial charge in [-0.2, -0.15) is 5.26 Å². The highest BCUT2D eigenvalue weighted by molar-refractivity contribution is 9.10. The molecule has 2 unspecified atom stereocenters. The van der Waals surface area contributed by atoms with Gasteiger partial charge in [-0.1, -0.05) is 28.1 Å². The van der Waals surface area contributed by atoms with E-state index in [2.05, 4.69) is 15.9 Å². The van der Waals surface area contributed by atoms with Crippen molar-refractivity contribution >= 4 is 33.4 Å². The maximum atomic E-state index is 12.5. The van der Waals surface area contributed by atoms with E-state index in [4.69, 9.17) is 0 Å². The van der Waals surface area contributed by atoms with E-state index in [1.807, 2.05) is 18.2 Å². The van der Waals surface area contributed by atoms with Crippen LogP contribution in [0.15, 0.2) is 34.8 Å². The average Bonchev–Trinajstić information content (AvgIpc) is 2.72. The molecule has 20 heavy (non-hydrogen) atoms. The second kappa shape index (κ2) is 4.88. The second-order valence-electron chi connectivity index (χ2n) is 4.94. The molecule has 1 aromatic carbocycles. The van der Waals surface area contributed by atoms with Gasteiger partial charge in [-0.15, -0.1) is 0 Å². The first-order valence-electron chi connectivity index (χ1n) is 6.36. The van der Waals surface area contributed by atoms with Gasteiger partial charge < -0.3 is 0 Å². The van der Waals surface area contributed by atoms with Crippen LogP contribution in [0.5, 0.6) is 0 Å². The Morgan fingerprint density at radius 2 is 1.75 bits per heavy atom. The molecule has 2 atom stereocenters. The monoisotopic (exact) mass is 330 g/mol. The third-order valence-corrected chi connectivity index (χ3v) is 4.32. The molecule has 0 bridgehead atoms. The van der Waals surface area contributed by atoms with E-state index < -0.39 is 0 Å². The van der Waals surface area contributed by atoms with Crippen LogP contribution in [0.2, 0.25) is 0 Å². The number of imide groups is 1. The van der Waals surface area contributed by atoms with E-state index in [0.29, 0.717) is 24.1 Å². The highest BCUT2D eigenvalue weighted by Gasteiger charge is 2.48. The van der Waals surface area contributed by atoms with Crippen LogP contribution in [-0.4, -0.2) is 11.8 Å². The number of carbonyl (C=O) groups excluding carboxylic acids is 2. The summed E-state index contributed by atoms with van der Waals surface area (Å²) in [5.41, 5.74) is 0.716. The molecule has 0 N–H and O–H groups in total. The highest BCUT2D eigenvalue weighted by atomic mass is 79.9. The van der Waals surface area contributed by atoms with Gasteiger partial charge in [-0.25, -0.2) is 4.90 Å². The topological polar surface area (TPSA) is 61.2 Å². The van der Waals surface area contributed by atoms with Crippen molar-refractivity contribution in [2.45, 2.75) is 12.8 Å². The Labute approximate surface area is 124 Å². The molecule has 2 amide bonds. The lowest BCUT2D eigenvalue weighted by molar-refractivity contribution is -0.122. The van der Waals surface area contributed by atoms with Crippen LogP contribution >= 0.6 is 15.9 Å². The Balaban J connectivity index is 2.06. The zero-order valence-corrected chi connectivity index (χ0v) is 12.1. The molecule has 1 saturated heterocycles. The molecule has 5 heteroatoms. The minimum Gasteiger partial charge on any atom is -0.274 e. The summed E-state index contributed by atoms with van der Waals surface area (Å²) in [6.07, 6.45) is 5.10. The average molecular weight is 331 g/mol. The predicted octanol–water partition coefficient (Wildman–Crippen LogP) is 2.78. The molecule has 0 aromatic heterocycles. The summed E-state index contributed by atoms with van der Waals surface area (Å²) >= 11 is 3.29. The molecule has 1 heterocycles. The number of hydrogen-bond donors (Lipinski definition) is 0. The molecule has 1 aliphatic carbocycles. The highest BCUT2D eigenvalue weighted by Crippen LogP contribution is 2.39. The summed E-state index contributed by atoms with van der Waals surface area (Å²) in [4.78, 5) is 26.1. The van der Waals surface area contributed by atoms with Crippen LogP contribution in [0.25, 0.3) is 0 Å². The number of allylic oxidation sites excluding steroid dienone is 2. The minimum absolute atomic E-state index is 0.192. The van der Waals surface area contributed by atoms with Crippen molar-refractivity contribution < 1.29 is 9.59 Å². The smallest absolute Gasteiger partial charge is 0.238 e. The van der Waals surface area contributed by atoms with Crippen molar-refractivity contribution in [1.82, 2.24) is 0 Å². The molecule has 2 aliphatic rings. The van der Waals surface area contributed by atoms with Crippen LogP contribution in [0.1, 0.15) is 18.4 Å². The molecule has 1 fully saturated rings. The molecule has 3 rings (SSSR count).